The quantitative estimate of drug-likeness (QED) is 0.868. The predicted octanol–water partition coefficient (Wildman–Crippen LogP) is 2.68. The molecule has 0 radical (unpaired) electrons. The highest BCUT2D eigenvalue weighted by molar-refractivity contribution is 6.35. The van der Waals surface area contributed by atoms with Gasteiger partial charge in [-0.25, -0.2) is 0 Å². The van der Waals surface area contributed by atoms with Crippen molar-refractivity contribution in [3.8, 4) is 5.75 Å². The van der Waals surface area contributed by atoms with Crippen LogP contribution < -0.4 is 4.74 Å². The van der Waals surface area contributed by atoms with Crippen molar-refractivity contribution >= 4 is 23.2 Å². The second-order valence-corrected chi connectivity index (χ2v) is 4.74. The summed E-state index contributed by atoms with van der Waals surface area (Å²) in [6.45, 7) is 3.70. The van der Waals surface area contributed by atoms with E-state index >= 15 is 0 Å². The van der Waals surface area contributed by atoms with Crippen LogP contribution in [0.1, 0.15) is 6.92 Å². The maximum Gasteiger partial charge on any atom is 0.138 e. The third-order valence-corrected chi connectivity index (χ3v) is 2.92. The molecule has 0 saturated heterocycles. The predicted molar refractivity (Wildman–Crippen MR) is 71.1 cm³/mol. The van der Waals surface area contributed by atoms with Crippen molar-refractivity contribution in [2.75, 3.05) is 26.7 Å². The Kier molecular flexibility index (Phi) is 6.06. The summed E-state index contributed by atoms with van der Waals surface area (Å²) < 4.78 is 5.43. The van der Waals surface area contributed by atoms with Crippen LogP contribution in [0.15, 0.2) is 18.2 Å². The number of rotatable bonds is 6. The van der Waals surface area contributed by atoms with Crippen LogP contribution in [0.25, 0.3) is 0 Å². The van der Waals surface area contributed by atoms with E-state index in [0.717, 1.165) is 6.54 Å². The molecular formula is C12H17Cl2NO2. The molecule has 0 saturated carbocycles. The van der Waals surface area contributed by atoms with Gasteiger partial charge >= 0.3 is 0 Å². The maximum absolute atomic E-state index is 9.72. The first-order valence-corrected chi connectivity index (χ1v) is 6.23. The molecule has 1 atom stereocenters. The Bertz CT molecular complexity index is 360. The van der Waals surface area contributed by atoms with Crippen LogP contribution in [0, 0.1) is 0 Å². The Morgan fingerprint density at radius 1 is 1.41 bits per heavy atom. The minimum atomic E-state index is -0.535. The van der Waals surface area contributed by atoms with Crippen molar-refractivity contribution < 1.29 is 9.84 Å². The maximum atomic E-state index is 9.72. The minimum absolute atomic E-state index is 0.214. The van der Waals surface area contributed by atoms with E-state index in [0.29, 0.717) is 22.3 Å². The highest BCUT2D eigenvalue weighted by Gasteiger charge is 2.09. The molecule has 0 amide bonds. The number of halogens is 2. The van der Waals surface area contributed by atoms with Crippen LogP contribution in [0.2, 0.25) is 10.0 Å². The van der Waals surface area contributed by atoms with Crippen LogP contribution in [0.4, 0.5) is 0 Å². The molecule has 0 fully saturated rings. The number of aliphatic hydroxyl groups excluding tert-OH is 1. The monoisotopic (exact) mass is 277 g/mol. The van der Waals surface area contributed by atoms with E-state index in [2.05, 4.69) is 0 Å². The summed E-state index contributed by atoms with van der Waals surface area (Å²) >= 11 is 11.7. The second-order valence-electron chi connectivity index (χ2n) is 3.89. The fraction of sp³-hybridized carbons (Fsp3) is 0.500. The number of benzene rings is 1. The first-order valence-electron chi connectivity index (χ1n) is 5.47. The van der Waals surface area contributed by atoms with Crippen molar-refractivity contribution in [1.29, 1.82) is 0 Å². The average molecular weight is 278 g/mol. The molecule has 1 aromatic rings. The third kappa shape index (κ3) is 5.13. The standard InChI is InChI=1S/C12H17Cl2NO2/c1-3-15(2)7-10(16)8-17-12-5-4-9(13)6-11(12)14/h4-6,10,16H,3,7-8H2,1-2H3. The molecule has 17 heavy (non-hydrogen) atoms. The summed E-state index contributed by atoms with van der Waals surface area (Å²) in [4.78, 5) is 2.01. The van der Waals surface area contributed by atoms with E-state index in [9.17, 15) is 5.11 Å². The van der Waals surface area contributed by atoms with Crippen LogP contribution >= 0.6 is 23.2 Å². The molecule has 1 rings (SSSR count). The Balaban J connectivity index is 2.44. The minimum Gasteiger partial charge on any atom is -0.489 e. The van der Waals surface area contributed by atoms with Gasteiger partial charge in [0.1, 0.15) is 18.5 Å². The lowest BCUT2D eigenvalue weighted by molar-refractivity contribution is 0.0779. The van der Waals surface area contributed by atoms with Gasteiger partial charge in [0.05, 0.1) is 5.02 Å². The van der Waals surface area contributed by atoms with Gasteiger partial charge in [-0.1, -0.05) is 30.1 Å². The van der Waals surface area contributed by atoms with E-state index in [4.69, 9.17) is 27.9 Å². The van der Waals surface area contributed by atoms with Crippen LogP contribution in [0.5, 0.6) is 5.75 Å². The molecule has 96 valence electrons. The molecule has 0 aliphatic carbocycles. The normalized spacial score (nSPS) is 12.8. The van der Waals surface area contributed by atoms with Crippen molar-refractivity contribution in [2.24, 2.45) is 0 Å². The lowest BCUT2D eigenvalue weighted by atomic mass is 10.3. The second kappa shape index (κ2) is 7.07. The molecule has 0 aliphatic rings. The molecule has 5 heteroatoms. The molecule has 1 unspecified atom stereocenters. The molecule has 0 bridgehead atoms. The molecule has 0 aliphatic heterocycles. The molecule has 1 N–H and O–H groups in total. The van der Waals surface area contributed by atoms with Crippen LogP contribution in [-0.4, -0.2) is 42.9 Å². The van der Waals surface area contributed by atoms with E-state index in [1.807, 2.05) is 18.9 Å². The van der Waals surface area contributed by atoms with Crippen molar-refractivity contribution in [3.63, 3.8) is 0 Å². The van der Waals surface area contributed by atoms with Gasteiger partial charge < -0.3 is 14.7 Å². The van der Waals surface area contributed by atoms with Gasteiger partial charge in [-0.15, -0.1) is 0 Å². The fourth-order valence-corrected chi connectivity index (χ4v) is 1.78. The zero-order chi connectivity index (χ0) is 12.8. The van der Waals surface area contributed by atoms with Crippen molar-refractivity contribution in [2.45, 2.75) is 13.0 Å². The molecule has 0 spiro atoms. The fourth-order valence-electron chi connectivity index (χ4n) is 1.32. The lowest BCUT2D eigenvalue weighted by Gasteiger charge is -2.19. The first kappa shape index (κ1) is 14.6. The highest BCUT2D eigenvalue weighted by atomic mass is 35.5. The smallest absolute Gasteiger partial charge is 0.138 e. The summed E-state index contributed by atoms with van der Waals surface area (Å²) in [6, 6.07) is 5.01. The lowest BCUT2D eigenvalue weighted by Crippen LogP contribution is -2.32. The topological polar surface area (TPSA) is 32.7 Å². The summed E-state index contributed by atoms with van der Waals surface area (Å²) in [6.07, 6.45) is -0.535. The number of hydrogen-bond donors (Lipinski definition) is 1. The van der Waals surface area contributed by atoms with E-state index < -0.39 is 6.10 Å². The number of likely N-dealkylation sites (N-methyl/N-ethyl adjacent to an activating group) is 1. The Hall–Kier alpha value is -0.480. The molecule has 0 heterocycles. The van der Waals surface area contributed by atoms with Gasteiger partial charge in [0.2, 0.25) is 0 Å². The number of ether oxygens (including phenoxy) is 1. The molecule has 3 nitrogen and oxygen atoms in total. The SMILES string of the molecule is CCN(C)CC(O)COc1ccc(Cl)cc1Cl. The Morgan fingerprint density at radius 3 is 2.71 bits per heavy atom. The van der Waals surface area contributed by atoms with E-state index in [1.165, 1.54) is 0 Å². The van der Waals surface area contributed by atoms with Gasteiger partial charge in [-0.3, -0.25) is 0 Å². The van der Waals surface area contributed by atoms with Gasteiger partial charge in [-0.2, -0.15) is 0 Å². The van der Waals surface area contributed by atoms with Gasteiger partial charge in [0.25, 0.3) is 0 Å². The number of aliphatic hydroxyl groups is 1. The summed E-state index contributed by atoms with van der Waals surface area (Å²) in [5.74, 6) is 0.536. The van der Waals surface area contributed by atoms with Crippen LogP contribution in [-0.2, 0) is 0 Å². The zero-order valence-corrected chi connectivity index (χ0v) is 11.5. The molecular weight excluding hydrogens is 261 g/mol. The first-order chi connectivity index (χ1) is 8.02. The molecule has 0 aromatic heterocycles. The zero-order valence-electron chi connectivity index (χ0n) is 9.99. The van der Waals surface area contributed by atoms with Gasteiger partial charge in [0.15, 0.2) is 0 Å². The molecule has 1 aromatic carbocycles. The Morgan fingerprint density at radius 2 is 2.12 bits per heavy atom. The average Bonchev–Trinajstić information content (AvgIpc) is 2.27. The number of hydrogen-bond acceptors (Lipinski definition) is 3. The van der Waals surface area contributed by atoms with Gasteiger partial charge in [0, 0.05) is 11.6 Å². The summed E-state index contributed by atoms with van der Waals surface area (Å²) in [7, 11) is 1.94. The van der Waals surface area contributed by atoms with Crippen LogP contribution in [0.3, 0.4) is 0 Å². The van der Waals surface area contributed by atoms with E-state index in [-0.39, 0.29) is 6.61 Å². The van der Waals surface area contributed by atoms with Crippen molar-refractivity contribution in [3.05, 3.63) is 28.2 Å². The van der Waals surface area contributed by atoms with Gasteiger partial charge in [-0.05, 0) is 31.8 Å². The largest absolute Gasteiger partial charge is 0.489 e. The number of nitrogens with zero attached hydrogens (tertiary/aromatic N) is 1. The van der Waals surface area contributed by atoms with Crippen molar-refractivity contribution in [1.82, 2.24) is 4.90 Å². The summed E-state index contributed by atoms with van der Waals surface area (Å²) in [5, 5.41) is 10.7. The highest BCUT2D eigenvalue weighted by Crippen LogP contribution is 2.27. The third-order valence-electron chi connectivity index (χ3n) is 2.39. The Labute approximate surface area is 112 Å². The van der Waals surface area contributed by atoms with E-state index in [1.54, 1.807) is 18.2 Å². The summed E-state index contributed by atoms with van der Waals surface area (Å²) in [5.41, 5.74) is 0.